The fourth-order valence-electron chi connectivity index (χ4n) is 3.67. The van der Waals surface area contributed by atoms with Gasteiger partial charge >= 0.3 is 5.97 Å². The Kier molecular flexibility index (Phi) is 9.21. The van der Waals surface area contributed by atoms with Gasteiger partial charge in [-0.1, -0.05) is 30.3 Å². The Morgan fingerprint density at radius 1 is 1.11 bits per heavy atom. The predicted molar refractivity (Wildman–Crippen MR) is 132 cm³/mol. The monoisotopic (exact) mass is 543 g/mol. The number of ether oxygens (including phenoxy) is 1. The van der Waals surface area contributed by atoms with Crippen LogP contribution >= 0.6 is 24.8 Å². The zero-order chi connectivity index (χ0) is 23.6. The molecule has 3 aromatic rings. The smallest absolute Gasteiger partial charge is 0.320 e. The number of hydrogen-bond donors (Lipinski definition) is 2. The molecule has 1 aliphatic rings. The summed E-state index contributed by atoms with van der Waals surface area (Å²) in [6.45, 7) is -0.140. The number of halogens is 3. The number of rotatable bonds is 8. The van der Waals surface area contributed by atoms with Gasteiger partial charge in [-0.2, -0.15) is 4.31 Å². The highest BCUT2D eigenvalue weighted by molar-refractivity contribution is 7.89. The van der Waals surface area contributed by atoms with E-state index < -0.39 is 33.5 Å². The minimum absolute atomic E-state index is 0. The normalized spacial score (nSPS) is 15.6. The number of sulfonamides is 1. The van der Waals surface area contributed by atoms with Gasteiger partial charge in [0.05, 0.1) is 23.7 Å². The molecule has 0 saturated carbocycles. The zero-order valence-electron chi connectivity index (χ0n) is 18.3. The molecule has 4 rings (SSSR count). The summed E-state index contributed by atoms with van der Waals surface area (Å²) in [5.41, 5.74) is 5.40. The van der Waals surface area contributed by atoms with Crippen LogP contribution in [-0.2, 0) is 26.8 Å². The number of aliphatic carboxylic acids is 1. The number of aromatic nitrogens is 1. The maximum Gasteiger partial charge on any atom is 0.320 e. The molecule has 0 amide bonds. The molecule has 188 valence electrons. The summed E-state index contributed by atoms with van der Waals surface area (Å²) in [7, 11) is -3.92. The number of para-hydroxylation sites is 1. The molecule has 1 unspecified atom stereocenters. The molecule has 1 aliphatic heterocycles. The van der Waals surface area contributed by atoms with E-state index in [1.165, 1.54) is 34.6 Å². The van der Waals surface area contributed by atoms with Crippen LogP contribution in [0.4, 0.5) is 4.39 Å². The van der Waals surface area contributed by atoms with E-state index in [0.717, 1.165) is 0 Å². The van der Waals surface area contributed by atoms with E-state index in [1.807, 2.05) is 0 Å². The second-order valence-electron chi connectivity index (χ2n) is 7.81. The van der Waals surface area contributed by atoms with Gasteiger partial charge in [-0.3, -0.25) is 9.78 Å². The Morgan fingerprint density at radius 2 is 1.80 bits per heavy atom. The summed E-state index contributed by atoms with van der Waals surface area (Å²) < 4.78 is 48.0. The molecule has 2 aromatic carbocycles. The molecule has 0 bridgehead atoms. The number of hydrogen-bond acceptors (Lipinski definition) is 6. The lowest BCUT2D eigenvalue weighted by atomic mass is 9.91. The summed E-state index contributed by atoms with van der Waals surface area (Å²) in [5, 5.41) is 9.02. The molecule has 0 spiro atoms. The molecule has 2 heterocycles. The van der Waals surface area contributed by atoms with Crippen molar-refractivity contribution in [3.63, 3.8) is 0 Å². The van der Waals surface area contributed by atoms with Crippen molar-refractivity contribution >= 4 is 40.8 Å². The molecule has 8 nitrogen and oxygen atoms in total. The third-order valence-corrected chi connectivity index (χ3v) is 7.23. The van der Waals surface area contributed by atoms with E-state index in [0.29, 0.717) is 11.3 Å². The van der Waals surface area contributed by atoms with Crippen LogP contribution in [0.3, 0.4) is 0 Å². The molecule has 1 saturated heterocycles. The van der Waals surface area contributed by atoms with E-state index in [2.05, 4.69) is 4.98 Å². The van der Waals surface area contributed by atoms with Crippen molar-refractivity contribution in [1.82, 2.24) is 9.29 Å². The van der Waals surface area contributed by atoms with Crippen molar-refractivity contribution in [3.05, 3.63) is 90.0 Å². The maximum absolute atomic E-state index is 14.3. The fourth-order valence-corrected chi connectivity index (χ4v) is 5.27. The van der Waals surface area contributed by atoms with Crippen LogP contribution in [0, 0.1) is 5.82 Å². The van der Waals surface area contributed by atoms with Gasteiger partial charge < -0.3 is 15.6 Å². The first-order valence-corrected chi connectivity index (χ1v) is 11.6. The Hall–Kier alpha value is -2.76. The van der Waals surface area contributed by atoms with Crippen LogP contribution < -0.4 is 10.5 Å². The summed E-state index contributed by atoms with van der Waals surface area (Å²) in [4.78, 5) is 15.4. The summed E-state index contributed by atoms with van der Waals surface area (Å²) in [6, 6.07) is 16.0. The van der Waals surface area contributed by atoms with Crippen LogP contribution in [0.1, 0.15) is 11.3 Å². The fraction of sp³-hybridized carbons (Fsp3) is 0.217. The van der Waals surface area contributed by atoms with E-state index >= 15 is 0 Å². The molecule has 1 aromatic heterocycles. The Labute approximate surface area is 214 Å². The largest absolute Gasteiger partial charge is 0.480 e. The first-order valence-electron chi connectivity index (χ1n) is 10.1. The van der Waals surface area contributed by atoms with E-state index in [1.54, 1.807) is 42.6 Å². The molecule has 3 N–H and O–H groups in total. The molecular weight excluding hydrogens is 520 g/mol. The van der Waals surface area contributed by atoms with Crippen molar-refractivity contribution in [3.8, 4) is 5.75 Å². The number of benzene rings is 2. The number of nitrogens with zero attached hydrogens (tertiary/aromatic N) is 2. The first-order chi connectivity index (χ1) is 15.7. The van der Waals surface area contributed by atoms with E-state index in [4.69, 9.17) is 15.6 Å². The molecule has 12 heteroatoms. The Balaban J connectivity index is 0.00000216. The van der Waals surface area contributed by atoms with Gasteiger partial charge in [-0.05, 0) is 48.4 Å². The minimum atomic E-state index is -3.92. The number of carbonyl (C=O) groups is 1. The molecule has 35 heavy (non-hydrogen) atoms. The third kappa shape index (κ3) is 5.91. The average Bonchev–Trinajstić information content (AvgIpc) is 2.77. The second-order valence-corrected chi connectivity index (χ2v) is 9.75. The van der Waals surface area contributed by atoms with Crippen molar-refractivity contribution in [2.45, 2.75) is 23.0 Å². The lowest BCUT2D eigenvalue weighted by molar-refractivity contribution is -0.138. The summed E-state index contributed by atoms with van der Waals surface area (Å²) in [5.74, 6) is -1.72. The van der Waals surface area contributed by atoms with Gasteiger partial charge in [0.15, 0.2) is 17.2 Å². The number of pyridine rings is 1. The van der Waals surface area contributed by atoms with E-state index in [-0.39, 0.29) is 55.0 Å². The van der Waals surface area contributed by atoms with Crippen LogP contribution in [0.15, 0.2) is 77.8 Å². The third-order valence-electron chi connectivity index (χ3n) is 5.45. The average molecular weight is 544 g/mol. The van der Waals surface area contributed by atoms with Crippen molar-refractivity contribution in [1.29, 1.82) is 0 Å². The molecule has 1 fully saturated rings. The topological polar surface area (TPSA) is 123 Å². The maximum atomic E-state index is 14.3. The van der Waals surface area contributed by atoms with Gasteiger partial charge in [0, 0.05) is 6.20 Å². The van der Waals surface area contributed by atoms with Crippen molar-refractivity contribution < 1.29 is 27.4 Å². The van der Waals surface area contributed by atoms with Gasteiger partial charge in [0.25, 0.3) is 0 Å². The quantitative estimate of drug-likeness (QED) is 0.447. The molecule has 1 atom stereocenters. The standard InChI is InChI=1S/C23H22FN3O5S.2ClH/c24-18-8-1-2-9-20(18)32-23(21-10-3-4-11-26-21)14-27(15-23)33(30,31)17-7-5-6-16(12-17)13-19(25)22(28)29;;/h1-12,19H,13-15,25H2,(H,28,29);2*1H. The molecule has 0 aliphatic carbocycles. The predicted octanol–water partition coefficient (Wildman–Crippen LogP) is 3.00. The Morgan fingerprint density at radius 3 is 2.43 bits per heavy atom. The highest BCUT2D eigenvalue weighted by Crippen LogP contribution is 2.39. The van der Waals surface area contributed by atoms with Crippen molar-refractivity contribution in [2.75, 3.05) is 13.1 Å². The van der Waals surface area contributed by atoms with Gasteiger partial charge in [0.2, 0.25) is 10.0 Å². The lowest BCUT2D eigenvalue weighted by Gasteiger charge is -2.48. The highest BCUT2D eigenvalue weighted by Gasteiger charge is 2.53. The molecular formula is C23H24Cl2FN3O5S. The van der Waals surface area contributed by atoms with E-state index in [9.17, 15) is 17.6 Å². The summed E-state index contributed by atoms with van der Waals surface area (Å²) in [6.07, 6.45) is 1.56. The number of carboxylic acids is 1. The van der Waals surface area contributed by atoms with Crippen LogP contribution in [0.2, 0.25) is 0 Å². The lowest BCUT2D eigenvalue weighted by Crippen LogP contribution is -2.64. The first kappa shape index (κ1) is 28.5. The van der Waals surface area contributed by atoms with Crippen LogP contribution in [0.25, 0.3) is 0 Å². The Bertz CT molecular complexity index is 1270. The van der Waals surface area contributed by atoms with Crippen molar-refractivity contribution in [2.24, 2.45) is 5.73 Å². The van der Waals surface area contributed by atoms with Crippen LogP contribution in [0.5, 0.6) is 5.75 Å². The van der Waals surface area contributed by atoms with Crippen LogP contribution in [-0.4, -0.2) is 47.9 Å². The number of carboxylic acid groups (broad SMARTS) is 1. The second kappa shape index (κ2) is 11.3. The van der Waals surface area contributed by atoms with Gasteiger partial charge in [0.1, 0.15) is 6.04 Å². The van der Waals surface area contributed by atoms with Gasteiger partial charge in [-0.15, -0.1) is 24.8 Å². The zero-order valence-corrected chi connectivity index (χ0v) is 20.7. The minimum Gasteiger partial charge on any atom is -0.480 e. The highest BCUT2D eigenvalue weighted by atomic mass is 35.5. The SMILES string of the molecule is Cl.Cl.NC(Cc1cccc(S(=O)(=O)N2CC(Oc3ccccc3F)(c3ccccn3)C2)c1)C(=O)O. The summed E-state index contributed by atoms with van der Waals surface area (Å²) >= 11 is 0. The van der Waals surface area contributed by atoms with Gasteiger partial charge in [-0.25, -0.2) is 12.8 Å². The number of nitrogens with two attached hydrogens (primary N) is 1. The molecule has 0 radical (unpaired) electrons.